The number of urea groups is 1. The number of carbonyl (C=O) groups is 2. The lowest BCUT2D eigenvalue weighted by Crippen LogP contribution is -2.38. The highest BCUT2D eigenvalue weighted by atomic mass is 35.5. The van der Waals surface area contributed by atoms with Gasteiger partial charge in [-0.2, -0.15) is 0 Å². The number of thiophene rings is 1. The standard InChI is InChI=1S/C18H16ClN3O6S/c19-11-5-6-13-12(10-11)15(17(23)21(13)18(20)24)16(14-4-3-9-29-14)27-7-1-2-8-28-22(25)26/h3-6,9-10H,1-2,7-8H2,(H2,20,24)/b16-15-. The van der Waals surface area contributed by atoms with Gasteiger partial charge in [-0.15, -0.1) is 21.5 Å². The Bertz CT molecular complexity index is 976. The van der Waals surface area contributed by atoms with E-state index in [1.165, 1.54) is 11.3 Å². The van der Waals surface area contributed by atoms with Gasteiger partial charge in [0, 0.05) is 10.6 Å². The van der Waals surface area contributed by atoms with Crippen LogP contribution >= 0.6 is 22.9 Å². The van der Waals surface area contributed by atoms with Crippen molar-refractivity contribution in [3.8, 4) is 0 Å². The van der Waals surface area contributed by atoms with Crippen molar-refractivity contribution in [2.45, 2.75) is 12.8 Å². The summed E-state index contributed by atoms with van der Waals surface area (Å²) in [6.45, 7) is 0.144. The molecule has 0 fully saturated rings. The van der Waals surface area contributed by atoms with Crippen LogP contribution in [0.15, 0.2) is 35.7 Å². The van der Waals surface area contributed by atoms with Crippen molar-refractivity contribution in [3.05, 3.63) is 61.3 Å². The minimum Gasteiger partial charge on any atom is -0.491 e. The molecular weight excluding hydrogens is 422 g/mol. The van der Waals surface area contributed by atoms with Crippen molar-refractivity contribution in [2.75, 3.05) is 18.1 Å². The maximum atomic E-state index is 13.0. The van der Waals surface area contributed by atoms with E-state index in [4.69, 9.17) is 22.1 Å². The lowest BCUT2D eigenvalue weighted by Gasteiger charge is -2.13. The number of nitrogens with zero attached hydrogens (tertiary/aromatic N) is 2. The average molecular weight is 438 g/mol. The summed E-state index contributed by atoms with van der Waals surface area (Å²) in [5.74, 6) is -0.303. The van der Waals surface area contributed by atoms with Crippen LogP contribution < -0.4 is 10.6 Å². The molecule has 3 amide bonds. The first kappa shape index (κ1) is 20.6. The number of ether oxygens (including phenoxy) is 1. The largest absolute Gasteiger partial charge is 0.491 e. The number of rotatable bonds is 8. The third-order valence-electron chi connectivity index (χ3n) is 4.06. The summed E-state index contributed by atoms with van der Waals surface area (Å²) in [5.41, 5.74) is 6.37. The zero-order valence-corrected chi connectivity index (χ0v) is 16.6. The molecule has 1 aliphatic heterocycles. The SMILES string of the molecule is NC(=O)N1C(=O)/C(=C(\OCCCCO[N+](=O)[O-])c2cccs2)c2cc(Cl)ccc21. The van der Waals surface area contributed by atoms with E-state index < -0.39 is 17.0 Å². The fourth-order valence-corrected chi connectivity index (χ4v) is 3.77. The van der Waals surface area contributed by atoms with Crippen LogP contribution in [0.4, 0.5) is 10.5 Å². The second-order valence-electron chi connectivity index (χ2n) is 5.93. The fraction of sp³-hybridized carbons (Fsp3) is 0.222. The topological polar surface area (TPSA) is 125 Å². The Balaban J connectivity index is 1.94. The van der Waals surface area contributed by atoms with Crippen molar-refractivity contribution in [3.63, 3.8) is 0 Å². The number of hydrogen-bond acceptors (Lipinski definition) is 7. The van der Waals surface area contributed by atoms with E-state index in [0.717, 1.165) is 4.90 Å². The van der Waals surface area contributed by atoms with Crippen LogP contribution in [-0.4, -0.2) is 30.2 Å². The molecule has 0 saturated heterocycles. The Morgan fingerprint density at radius 3 is 2.69 bits per heavy atom. The van der Waals surface area contributed by atoms with Crippen molar-refractivity contribution in [1.82, 2.24) is 0 Å². The van der Waals surface area contributed by atoms with Gasteiger partial charge < -0.3 is 15.3 Å². The van der Waals surface area contributed by atoms with Crippen LogP contribution in [-0.2, 0) is 14.4 Å². The van der Waals surface area contributed by atoms with E-state index in [1.807, 2.05) is 5.38 Å². The molecule has 2 heterocycles. The molecule has 0 atom stereocenters. The lowest BCUT2D eigenvalue weighted by atomic mass is 10.1. The molecule has 11 heteroatoms. The van der Waals surface area contributed by atoms with Gasteiger partial charge in [0.25, 0.3) is 11.0 Å². The minimum absolute atomic E-state index is 0.0475. The Kier molecular flexibility index (Phi) is 6.35. The molecule has 3 rings (SSSR count). The molecule has 0 unspecified atom stereocenters. The summed E-state index contributed by atoms with van der Waals surface area (Å²) in [4.78, 5) is 40.9. The molecule has 9 nitrogen and oxygen atoms in total. The molecule has 0 aliphatic carbocycles. The number of hydrogen-bond donors (Lipinski definition) is 1. The number of amides is 3. The molecule has 0 saturated carbocycles. The van der Waals surface area contributed by atoms with E-state index in [1.54, 1.807) is 30.3 Å². The van der Waals surface area contributed by atoms with E-state index in [2.05, 4.69) is 4.84 Å². The number of imide groups is 1. The number of primary amides is 1. The first-order chi connectivity index (χ1) is 13.9. The predicted molar refractivity (Wildman–Crippen MR) is 108 cm³/mol. The summed E-state index contributed by atoms with van der Waals surface area (Å²) >= 11 is 7.47. The molecule has 0 spiro atoms. The molecule has 1 aromatic heterocycles. The number of benzene rings is 1. The Morgan fingerprint density at radius 1 is 1.28 bits per heavy atom. The second kappa shape index (κ2) is 8.93. The number of nitrogens with two attached hydrogens (primary N) is 1. The highest BCUT2D eigenvalue weighted by molar-refractivity contribution is 7.11. The molecule has 29 heavy (non-hydrogen) atoms. The number of carbonyl (C=O) groups excluding carboxylic acids is 2. The molecule has 1 aliphatic rings. The van der Waals surface area contributed by atoms with E-state index in [9.17, 15) is 19.7 Å². The Labute approximate surface area is 174 Å². The van der Waals surface area contributed by atoms with Crippen molar-refractivity contribution in [1.29, 1.82) is 0 Å². The lowest BCUT2D eigenvalue weighted by molar-refractivity contribution is -0.757. The van der Waals surface area contributed by atoms with Gasteiger partial charge in [0.05, 0.1) is 29.4 Å². The Morgan fingerprint density at radius 2 is 2.03 bits per heavy atom. The third kappa shape index (κ3) is 4.49. The molecular formula is C18H16ClN3O6S. The van der Waals surface area contributed by atoms with Crippen molar-refractivity contribution < 1.29 is 24.3 Å². The molecule has 0 radical (unpaired) electrons. The highest BCUT2D eigenvalue weighted by Gasteiger charge is 2.39. The van der Waals surface area contributed by atoms with Gasteiger partial charge >= 0.3 is 6.03 Å². The number of anilines is 1. The number of unbranched alkanes of at least 4 members (excludes halogenated alkanes) is 1. The molecule has 152 valence electrons. The summed E-state index contributed by atoms with van der Waals surface area (Å²) in [7, 11) is 0. The summed E-state index contributed by atoms with van der Waals surface area (Å²) < 4.78 is 5.89. The first-order valence-corrected chi connectivity index (χ1v) is 9.78. The maximum Gasteiger partial charge on any atom is 0.326 e. The van der Waals surface area contributed by atoms with Gasteiger partial charge in [-0.1, -0.05) is 17.7 Å². The van der Waals surface area contributed by atoms with Gasteiger partial charge in [-0.05, 0) is 42.5 Å². The molecule has 2 N–H and O–H groups in total. The molecule has 2 aromatic rings. The van der Waals surface area contributed by atoms with Gasteiger partial charge in [0.1, 0.15) is 5.76 Å². The van der Waals surface area contributed by atoms with Crippen molar-refractivity contribution >= 4 is 51.9 Å². The maximum absolute atomic E-state index is 13.0. The zero-order valence-electron chi connectivity index (χ0n) is 15.0. The van der Waals surface area contributed by atoms with Crippen molar-refractivity contribution in [2.24, 2.45) is 5.73 Å². The van der Waals surface area contributed by atoms with Crippen LogP contribution in [0.2, 0.25) is 5.02 Å². The monoisotopic (exact) mass is 437 g/mol. The quantitative estimate of drug-likeness (QED) is 0.220. The smallest absolute Gasteiger partial charge is 0.326 e. The third-order valence-corrected chi connectivity index (χ3v) is 5.16. The van der Waals surface area contributed by atoms with Gasteiger partial charge in [-0.3, -0.25) is 4.79 Å². The Hall–Kier alpha value is -3.11. The van der Waals surface area contributed by atoms with Crippen LogP contribution in [0.1, 0.15) is 23.3 Å². The van der Waals surface area contributed by atoms with Crippen LogP contribution in [0.25, 0.3) is 11.3 Å². The predicted octanol–water partition coefficient (Wildman–Crippen LogP) is 3.70. The summed E-state index contributed by atoms with van der Waals surface area (Å²) in [6, 6.07) is 7.37. The molecule has 1 aromatic carbocycles. The van der Waals surface area contributed by atoms with Gasteiger partial charge in [-0.25, -0.2) is 9.69 Å². The van der Waals surface area contributed by atoms with Crippen LogP contribution in [0.5, 0.6) is 0 Å². The first-order valence-electron chi connectivity index (χ1n) is 8.52. The van der Waals surface area contributed by atoms with E-state index in [0.29, 0.717) is 39.8 Å². The number of fused-ring (bicyclic) bond motifs is 1. The van der Waals surface area contributed by atoms with Crippen LogP contribution in [0.3, 0.4) is 0 Å². The van der Waals surface area contributed by atoms with Gasteiger partial charge in [0.15, 0.2) is 0 Å². The highest BCUT2D eigenvalue weighted by Crippen LogP contribution is 2.43. The second-order valence-corrected chi connectivity index (χ2v) is 7.32. The minimum atomic E-state index is -0.906. The van der Waals surface area contributed by atoms with E-state index in [-0.39, 0.29) is 18.8 Å². The number of halogens is 1. The van der Waals surface area contributed by atoms with E-state index >= 15 is 0 Å². The fourth-order valence-electron chi connectivity index (χ4n) is 2.87. The van der Waals surface area contributed by atoms with Crippen LogP contribution in [0, 0.1) is 10.1 Å². The summed E-state index contributed by atoms with van der Waals surface area (Å²) in [6.07, 6.45) is 0.865. The van der Waals surface area contributed by atoms with Gasteiger partial charge in [0.2, 0.25) is 0 Å². The zero-order chi connectivity index (χ0) is 21.0. The summed E-state index contributed by atoms with van der Waals surface area (Å²) in [5, 5.41) is 11.6. The average Bonchev–Trinajstić information content (AvgIpc) is 3.27. The molecule has 0 bridgehead atoms. The normalized spacial score (nSPS) is 14.5.